The van der Waals surface area contributed by atoms with Gasteiger partial charge in [0.2, 0.25) is 0 Å². The van der Waals surface area contributed by atoms with Gasteiger partial charge < -0.3 is 9.84 Å². The van der Waals surface area contributed by atoms with E-state index >= 15 is 0 Å². The predicted molar refractivity (Wildman–Crippen MR) is 74.6 cm³/mol. The summed E-state index contributed by atoms with van der Waals surface area (Å²) in [7, 11) is 0. The van der Waals surface area contributed by atoms with Gasteiger partial charge in [0.15, 0.2) is 0 Å². The number of benzene rings is 1. The highest BCUT2D eigenvalue weighted by molar-refractivity contribution is 5.83. The van der Waals surface area contributed by atoms with E-state index in [1.165, 1.54) is 0 Å². The third kappa shape index (κ3) is 2.75. The quantitative estimate of drug-likeness (QED) is 0.905. The normalized spacial score (nSPS) is 22.5. The molecule has 0 saturated heterocycles. The van der Waals surface area contributed by atoms with Crippen molar-refractivity contribution in [2.24, 2.45) is 5.41 Å². The average molecular weight is 262 g/mol. The van der Waals surface area contributed by atoms with Crippen molar-refractivity contribution in [3.05, 3.63) is 29.8 Å². The summed E-state index contributed by atoms with van der Waals surface area (Å²) in [6, 6.07) is 7.54. The Balaban J connectivity index is 2.38. The van der Waals surface area contributed by atoms with Gasteiger partial charge in [-0.25, -0.2) is 0 Å². The molecule has 1 aromatic rings. The van der Waals surface area contributed by atoms with Crippen molar-refractivity contribution in [1.29, 1.82) is 0 Å². The highest BCUT2D eigenvalue weighted by Crippen LogP contribution is 2.44. The van der Waals surface area contributed by atoms with E-state index in [4.69, 9.17) is 4.74 Å². The van der Waals surface area contributed by atoms with E-state index < -0.39 is 11.4 Å². The number of hydrogen-bond acceptors (Lipinski definition) is 2. The monoisotopic (exact) mass is 262 g/mol. The lowest BCUT2D eigenvalue weighted by molar-refractivity contribution is -0.145. The number of rotatable bonds is 3. The van der Waals surface area contributed by atoms with Crippen molar-refractivity contribution < 1.29 is 14.6 Å². The van der Waals surface area contributed by atoms with Gasteiger partial charge in [0.1, 0.15) is 5.75 Å². The molecule has 1 heterocycles. The molecule has 0 saturated carbocycles. The van der Waals surface area contributed by atoms with E-state index in [0.29, 0.717) is 19.4 Å². The maximum Gasteiger partial charge on any atom is 0.314 e. The Kier molecular flexibility index (Phi) is 3.57. The van der Waals surface area contributed by atoms with Gasteiger partial charge in [0.25, 0.3) is 0 Å². The molecule has 1 atom stereocenters. The molecule has 1 N–H and O–H groups in total. The van der Waals surface area contributed by atoms with Crippen LogP contribution in [0.25, 0.3) is 0 Å². The summed E-state index contributed by atoms with van der Waals surface area (Å²) in [5, 5.41) is 9.78. The summed E-state index contributed by atoms with van der Waals surface area (Å²) in [4.78, 5) is 11.9. The van der Waals surface area contributed by atoms with Crippen molar-refractivity contribution in [3.63, 3.8) is 0 Å². The predicted octanol–water partition coefficient (Wildman–Crippen LogP) is 3.62. The fraction of sp³-hybridized carbons (Fsp3) is 0.562. The molecule has 0 spiro atoms. The fourth-order valence-electron chi connectivity index (χ4n) is 2.63. The van der Waals surface area contributed by atoms with Crippen molar-refractivity contribution in [3.8, 4) is 5.75 Å². The van der Waals surface area contributed by atoms with Crippen LogP contribution in [0.15, 0.2) is 24.3 Å². The molecular formula is C16H22O3. The van der Waals surface area contributed by atoms with Crippen molar-refractivity contribution in [1.82, 2.24) is 0 Å². The Morgan fingerprint density at radius 1 is 1.37 bits per heavy atom. The van der Waals surface area contributed by atoms with Crippen LogP contribution in [0.3, 0.4) is 0 Å². The number of para-hydroxylation sites is 1. The summed E-state index contributed by atoms with van der Waals surface area (Å²) in [5.74, 6) is -0.00226. The average Bonchev–Trinajstić information content (AvgIpc) is 2.35. The van der Waals surface area contributed by atoms with Crippen molar-refractivity contribution in [2.45, 2.75) is 45.4 Å². The van der Waals surface area contributed by atoms with Crippen LogP contribution in [0.1, 0.15) is 45.6 Å². The van der Waals surface area contributed by atoms with E-state index in [1.807, 2.05) is 24.3 Å². The molecule has 1 aromatic carbocycles. The molecule has 3 heteroatoms. The first-order valence-corrected chi connectivity index (χ1v) is 6.81. The molecule has 1 aliphatic rings. The number of carboxylic acid groups (broad SMARTS) is 1. The lowest BCUT2D eigenvalue weighted by Gasteiger charge is -2.37. The molecule has 0 aliphatic carbocycles. The lowest BCUT2D eigenvalue weighted by atomic mass is 9.70. The summed E-state index contributed by atoms with van der Waals surface area (Å²) in [6.07, 6.45) is 2.09. The van der Waals surface area contributed by atoms with E-state index in [0.717, 1.165) is 17.7 Å². The number of aliphatic carboxylic acids is 1. The number of carbonyl (C=O) groups is 1. The zero-order chi connectivity index (χ0) is 14.1. The largest absolute Gasteiger partial charge is 0.493 e. The van der Waals surface area contributed by atoms with Crippen LogP contribution in [-0.4, -0.2) is 17.7 Å². The molecule has 1 unspecified atom stereocenters. The first-order chi connectivity index (χ1) is 8.85. The minimum absolute atomic E-state index is 0.135. The summed E-state index contributed by atoms with van der Waals surface area (Å²) in [6.45, 7) is 6.92. The highest BCUT2D eigenvalue weighted by Gasteiger charge is 2.44. The van der Waals surface area contributed by atoms with E-state index in [9.17, 15) is 9.90 Å². The van der Waals surface area contributed by atoms with Crippen molar-refractivity contribution in [2.75, 3.05) is 6.61 Å². The molecular weight excluding hydrogens is 240 g/mol. The van der Waals surface area contributed by atoms with Gasteiger partial charge in [-0.2, -0.15) is 0 Å². The first-order valence-electron chi connectivity index (χ1n) is 6.81. The molecule has 2 rings (SSSR count). The molecule has 0 aromatic heterocycles. The molecule has 104 valence electrons. The van der Waals surface area contributed by atoms with Gasteiger partial charge >= 0.3 is 5.97 Å². The Morgan fingerprint density at radius 3 is 2.68 bits per heavy atom. The first kappa shape index (κ1) is 13.9. The van der Waals surface area contributed by atoms with E-state index in [2.05, 4.69) is 20.8 Å². The fourth-order valence-corrected chi connectivity index (χ4v) is 2.63. The SMILES string of the molecule is CC(C)(C)CCC1(C(=O)O)CCOc2ccccc21. The number of carboxylic acids is 1. The van der Waals surface area contributed by atoms with Gasteiger partial charge in [-0.05, 0) is 24.3 Å². The maximum atomic E-state index is 11.9. The Morgan fingerprint density at radius 2 is 2.05 bits per heavy atom. The van der Waals surface area contributed by atoms with Gasteiger partial charge in [-0.3, -0.25) is 4.79 Å². The second kappa shape index (κ2) is 4.87. The van der Waals surface area contributed by atoms with Gasteiger partial charge in [0, 0.05) is 12.0 Å². The molecule has 19 heavy (non-hydrogen) atoms. The second-order valence-corrected chi connectivity index (χ2v) is 6.54. The number of ether oxygens (including phenoxy) is 1. The van der Waals surface area contributed by atoms with Crippen LogP contribution in [0.4, 0.5) is 0 Å². The maximum absolute atomic E-state index is 11.9. The highest BCUT2D eigenvalue weighted by atomic mass is 16.5. The van der Waals surface area contributed by atoms with E-state index in [-0.39, 0.29) is 5.41 Å². The van der Waals surface area contributed by atoms with Crippen LogP contribution in [0, 0.1) is 5.41 Å². The zero-order valence-corrected chi connectivity index (χ0v) is 11.9. The standard InChI is InChI=1S/C16H22O3/c1-15(2,3)8-9-16(14(17)18)10-11-19-13-7-5-4-6-12(13)16/h4-7H,8-11H2,1-3H3,(H,17,18). The Hall–Kier alpha value is -1.51. The summed E-state index contributed by atoms with van der Waals surface area (Å²) >= 11 is 0. The molecule has 0 fully saturated rings. The van der Waals surface area contributed by atoms with Crippen molar-refractivity contribution >= 4 is 5.97 Å². The topological polar surface area (TPSA) is 46.5 Å². The summed E-state index contributed by atoms with van der Waals surface area (Å²) in [5.41, 5.74) is 0.177. The minimum atomic E-state index is -0.790. The lowest BCUT2D eigenvalue weighted by Crippen LogP contribution is -2.41. The van der Waals surface area contributed by atoms with E-state index in [1.54, 1.807) is 0 Å². The summed E-state index contributed by atoms with van der Waals surface area (Å²) < 4.78 is 5.60. The van der Waals surface area contributed by atoms with Crippen LogP contribution in [0.2, 0.25) is 0 Å². The van der Waals surface area contributed by atoms with Gasteiger partial charge in [0.05, 0.1) is 12.0 Å². The second-order valence-electron chi connectivity index (χ2n) is 6.54. The molecule has 3 nitrogen and oxygen atoms in total. The zero-order valence-electron chi connectivity index (χ0n) is 11.9. The third-order valence-corrected chi connectivity index (χ3v) is 3.90. The van der Waals surface area contributed by atoms with Crippen LogP contribution < -0.4 is 4.74 Å². The molecule has 0 amide bonds. The van der Waals surface area contributed by atoms with Gasteiger partial charge in [-0.15, -0.1) is 0 Å². The smallest absolute Gasteiger partial charge is 0.314 e. The number of fused-ring (bicyclic) bond motifs is 1. The minimum Gasteiger partial charge on any atom is -0.493 e. The Labute approximate surface area is 114 Å². The molecule has 0 bridgehead atoms. The molecule has 0 radical (unpaired) electrons. The molecule has 1 aliphatic heterocycles. The van der Waals surface area contributed by atoms with Crippen LogP contribution >= 0.6 is 0 Å². The third-order valence-electron chi connectivity index (χ3n) is 3.90. The van der Waals surface area contributed by atoms with Gasteiger partial charge in [-0.1, -0.05) is 39.0 Å². The Bertz CT molecular complexity index is 473. The van der Waals surface area contributed by atoms with Crippen LogP contribution in [0.5, 0.6) is 5.75 Å². The van der Waals surface area contributed by atoms with Crippen LogP contribution in [-0.2, 0) is 10.2 Å². The number of hydrogen-bond donors (Lipinski definition) is 1.